The summed E-state index contributed by atoms with van der Waals surface area (Å²) in [6.07, 6.45) is 5.21. The molecule has 0 saturated heterocycles. The molecule has 0 aliphatic heterocycles. The van der Waals surface area contributed by atoms with Gasteiger partial charge < -0.3 is 5.32 Å². The first kappa shape index (κ1) is 12.6. The van der Waals surface area contributed by atoms with Gasteiger partial charge in [0.25, 0.3) is 0 Å². The summed E-state index contributed by atoms with van der Waals surface area (Å²) in [6, 6.07) is 7.70. The van der Waals surface area contributed by atoms with Crippen LogP contribution in [0.1, 0.15) is 51.1 Å². The molecule has 1 aliphatic rings. The number of hydrogen-bond acceptors (Lipinski definition) is 1. The third-order valence-electron chi connectivity index (χ3n) is 3.64. The van der Waals surface area contributed by atoms with E-state index in [1.165, 1.54) is 25.3 Å². The summed E-state index contributed by atoms with van der Waals surface area (Å²) in [6.45, 7) is 4.34. The lowest BCUT2D eigenvalue weighted by molar-refractivity contribution is 0.403. The number of hydrogen-bond donors (Lipinski definition) is 1. The topological polar surface area (TPSA) is 12.0 Å². The molecule has 1 fully saturated rings. The van der Waals surface area contributed by atoms with E-state index in [1.807, 2.05) is 6.07 Å². The van der Waals surface area contributed by atoms with E-state index >= 15 is 0 Å². The molecule has 1 aromatic rings. The van der Waals surface area contributed by atoms with E-state index in [-0.39, 0.29) is 11.9 Å². The standard InChI is InChI=1S/C15H22FN/c1-3-15(9-12-7-8-12)17-11(2)13-5-4-6-14(16)10-13/h4-6,10-12,15,17H,3,7-9H2,1-2H3. The van der Waals surface area contributed by atoms with Crippen LogP contribution in [0.5, 0.6) is 0 Å². The van der Waals surface area contributed by atoms with Crippen molar-refractivity contribution in [2.75, 3.05) is 0 Å². The highest BCUT2D eigenvalue weighted by Gasteiger charge is 2.25. The van der Waals surface area contributed by atoms with Crippen LogP contribution in [-0.4, -0.2) is 6.04 Å². The van der Waals surface area contributed by atoms with Crippen LogP contribution < -0.4 is 5.32 Å². The van der Waals surface area contributed by atoms with Crippen LogP contribution in [0, 0.1) is 11.7 Å². The molecule has 94 valence electrons. The molecule has 1 nitrogen and oxygen atoms in total. The van der Waals surface area contributed by atoms with Gasteiger partial charge in [-0.05, 0) is 43.4 Å². The fourth-order valence-corrected chi connectivity index (χ4v) is 2.33. The molecule has 0 radical (unpaired) electrons. The first-order valence-electron chi connectivity index (χ1n) is 6.70. The molecule has 2 atom stereocenters. The van der Waals surface area contributed by atoms with Gasteiger partial charge in [0.05, 0.1) is 0 Å². The van der Waals surface area contributed by atoms with Crippen LogP contribution in [-0.2, 0) is 0 Å². The van der Waals surface area contributed by atoms with Gasteiger partial charge in [-0.2, -0.15) is 0 Å². The van der Waals surface area contributed by atoms with Gasteiger partial charge >= 0.3 is 0 Å². The van der Waals surface area contributed by atoms with Crippen LogP contribution in [0.15, 0.2) is 24.3 Å². The van der Waals surface area contributed by atoms with Gasteiger partial charge in [-0.15, -0.1) is 0 Å². The molecular formula is C15H22FN. The fraction of sp³-hybridized carbons (Fsp3) is 0.600. The molecule has 0 aromatic heterocycles. The summed E-state index contributed by atoms with van der Waals surface area (Å²) in [5.41, 5.74) is 1.04. The molecule has 1 N–H and O–H groups in total. The molecule has 2 heteroatoms. The van der Waals surface area contributed by atoms with Crippen molar-refractivity contribution in [2.24, 2.45) is 5.92 Å². The summed E-state index contributed by atoms with van der Waals surface area (Å²) in [5, 5.41) is 3.61. The Bertz CT molecular complexity index is 360. The number of nitrogens with one attached hydrogen (secondary N) is 1. The second-order valence-corrected chi connectivity index (χ2v) is 5.23. The van der Waals surface area contributed by atoms with Gasteiger partial charge in [0.15, 0.2) is 0 Å². The van der Waals surface area contributed by atoms with Crippen LogP contribution in [0.2, 0.25) is 0 Å². The maximum Gasteiger partial charge on any atom is 0.123 e. The molecule has 1 aliphatic carbocycles. The lowest BCUT2D eigenvalue weighted by atomic mass is 10.0. The highest BCUT2D eigenvalue weighted by atomic mass is 19.1. The Balaban J connectivity index is 1.91. The van der Waals surface area contributed by atoms with E-state index in [0.717, 1.165) is 17.9 Å². The van der Waals surface area contributed by atoms with Gasteiger partial charge in [0, 0.05) is 12.1 Å². The summed E-state index contributed by atoms with van der Waals surface area (Å²) in [7, 11) is 0. The smallest absolute Gasteiger partial charge is 0.123 e. The summed E-state index contributed by atoms with van der Waals surface area (Å²) in [5.74, 6) is 0.790. The molecule has 1 saturated carbocycles. The molecule has 2 rings (SSSR count). The first-order chi connectivity index (χ1) is 8.19. The minimum atomic E-state index is -0.147. The van der Waals surface area contributed by atoms with Crippen molar-refractivity contribution in [2.45, 2.75) is 51.6 Å². The zero-order valence-electron chi connectivity index (χ0n) is 10.7. The summed E-state index contributed by atoms with van der Waals surface area (Å²) < 4.78 is 13.1. The van der Waals surface area contributed by atoms with E-state index < -0.39 is 0 Å². The quantitative estimate of drug-likeness (QED) is 0.784. The monoisotopic (exact) mass is 235 g/mol. The molecule has 0 amide bonds. The van der Waals surface area contributed by atoms with Gasteiger partial charge in [-0.25, -0.2) is 4.39 Å². The third-order valence-corrected chi connectivity index (χ3v) is 3.64. The zero-order chi connectivity index (χ0) is 12.3. The van der Waals surface area contributed by atoms with Gasteiger partial charge in [-0.3, -0.25) is 0 Å². The van der Waals surface area contributed by atoms with E-state index in [2.05, 4.69) is 19.2 Å². The van der Waals surface area contributed by atoms with Crippen LogP contribution in [0.3, 0.4) is 0 Å². The van der Waals surface area contributed by atoms with Crippen molar-refractivity contribution >= 4 is 0 Å². The average molecular weight is 235 g/mol. The average Bonchev–Trinajstić information content (AvgIpc) is 3.12. The lowest BCUT2D eigenvalue weighted by Crippen LogP contribution is -2.31. The molecule has 17 heavy (non-hydrogen) atoms. The van der Waals surface area contributed by atoms with Gasteiger partial charge in [0.2, 0.25) is 0 Å². The highest BCUT2D eigenvalue weighted by molar-refractivity contribution is 5.19. The fourth-order valence-electron chi connectivity index (χ4n) is 2.33. The number of rotatable bonds is 6. The molecule has 0 heterocycles. The second-order valence-electron chi connectivity index (χ2n) is 5.23. The Morgan fingerprint density at radius 1 is 1.41 bits per heavy atom. The Hall–Kier alpha value is -0.890. The molecule has 2 unspecified atom stereocenters. The Kier molecular flexibility index (Phi) is 4.16. The van der Waals surface area contributed by atoms with Crippen LogP contribution in [0.25, 0.3) is 0 Å². The Morgan fingerprint density at radius 2 is 2.18 bits per heavy atom. The van der Waals surface area contributed by atoms with Crippen LogP contribution >= 0.6 is 0 Å². The first-order valence-corrected chi connectivity index (χ1v) is 6.70. The highest BCUT2D eigenvalue weighted by Crippen LogP contribution is 2.34. The maximum atomic E-state index is 13.1. The summed E-state index contributed by atoms with van der Waals surface area (Å²) >= 11 is 0. The van der Waals surface area contributed by atoms with Crippen LogP contribution in [0.4, 0.5) is 4.39 Å². The van der Waals surface area contributed by atoms with Crippen molar-refractivity contribution in [3.63, 3.8) is 0 Å². The lowest BCUT2D eigenvalue weighted by Gasteiger charge is -2.22. The molecule has 0 spiro atoms. The van der Waals surface area contributed by atoms with E-state index in [9.17, 15) is 4.39 Å². The van der Waals surface area contributed by atoms with Gasteiger partial charge in [0.1, 0.15) is 5.82 Å². The normalized spacial score (nSPS) is 19.0. The Morgan fingerprint density at radius 3 is 2.76 bits per heavy atom. The summed E-state index contributed by atoms with van der Waals surface area (Å²) in [4.78, 5) is 0. The van der Waals surface area contributed by atoms with Crippen molar-refractivity contribution < 1.29 is 4.39 Å². The van der Waals surface area contributed by atoms with E-state index in [0.29, 0.717) is 6.04 Å². The van der Waals surface area contributed by atoms with Crippen molar-refractivity contribution in [1.82, 2.24) is 5.32 Å². The van der Waals surface area contributed by atoms with E-state index in [4.69, 9.17) is 0 Å². The zero-order valence-corrected chi connectivity index (χ0v) is 10.7. The molecule has 0 bridgehead atoms. The predicted molar refractivity (Wildman–Crippen MR) is 69.4 cm³/mol. The largest absolute Gasteiger partial charge is 0.307 e. The van der Waals surface area contributed by atoms with E-state index in [1.54, 1.807) is 12.1 Å². The van der Waals surface area contributed by atoms with Crippen molar-refractivity contribution in [3.8, 4) is 0 Å². The number of benzene rings is 1. The molecule has 1 aromatic carbocycles. The second kappa shape index (κ2) is 5.63. The minimum Gasteiger partial charge on any atom is -0.307 e. The number of halogens is 1. The Labute approximate surface area is 103 Å². The predicted octanol–water partition coefficient (Wildman–Crippen LogP) is 4.06. The maximum absolute atomic E-state index is 13.1. The van der Waals surface area contributed by atoms with Gasteiger partial charge in [-0.1, -0.05) is 31.9 Å². The van der Waals surface area contributed by atoms with Crippen molar-refractivity contribution in [1.29, 1.82) is 0 Å². The minimum absolute atomic E-state index is 0.147. The third kappa shape index (κ3) is 3.81. The molecular weight excluding hydrogens is 213 g/mol. The SMILES string of the molecule is CCC(CC1CC1)NC(C)c1cccc(F)c1. The van der Waals surface area contributed by atoms with Crippen molar-refractivity contribution in [3.05, 3.63) is 35.6 Å².